The molecular formula is C13H18ClNS. The molecule has 0 radical (unpaired) electrons. The summed E-state index contributed by atoms with van der Waals surface area (Å²) in [5.41, 5.74) is 1.27. The molecular weight excluding hydrogens is 238 g/mol. The van der Waals surface area contributed by atoms with Crippen LogP contribution in [0.1, 0.15) is 18.4 Å². The molecule has 1 saturated heterocycles. The molecule has 1 aromatic rings. The second kappa shape index (κ2) is 6.53. The first-order chi connectivity index (χ1) is 7.86. The van der Waals surface area contributed by atoms with E-state index in [1.807, 2.05) is 12.1 Å². The first-order valence-electron chi connectivity index (χ1n) is 5.91. The van der Waals surface area contributed by atoms with Gasteiger partial charge in [0.2, 0.25) is 0 Å². The summed E-state index contributed by atoms with van der Waals surface area (Å²) < 4.78 is 0. The smallest absolute Gasteiger partial charge is 0.0437 e. The van der Waals surface area contributed by atoms with Gasteiger partial charge in [0.05, 0.1) is 0 Å². The third-order valence-corrected chi connectivity index (χ3v) is 4.47. The van der Waals surface area contributed by atoms with Crippen LogP contribution in [0.5, 0.6) is 0 Å². The zero-order valence-corrected chi connectivity index (χ0v) is 11.0. The number of nitrogens with one attached hydrogen (secondary N) is 1. The van der Waals surface area contributed by atoms with Gasteiger partial charge in [0, 0.05) is 16.8 Å². The number of halogens is 1. The summed E-state index contributed by atoms with van der Waals surface area (Å²) in [4.78, 5) is 0. The van der Waals surface area contributed by atoms with Crippen LogP contribution in [0.2, 0.25) is 5.02 Å². The Balaban J connectivity index is 1.66. The third kappa shape index (κ3) is 3.69. The van der Waals surface area contributed by atoms with Gasteiger partial charge >= 0.3 is 0 Å². The van der Waals surface area contributed by atoms with E-state index in [0.717, 1.165) is 24.0 Å². The normalized spacial score (nSPS) is 20.2. The Morgan fingerprint density at radius 2 is 2.25 bits per heavy atom. The van der Waals surface area contributed by atoms with Crippen LogP contribution in [0.4, 0.5) is 0 Å². The van der Waals surface area contributed by atoms with Gasteiger partial charge in [-0.15, -0.1) is 0 Å². The van der Waals surface area contributed by atoms with Crippen molar-refractivity contribution < 1.29 is 0 Å². The van der Waals surface area contributed by atoms with Gasteiger partial charge in [-0.25, -0.2) is 0 Å². The quantitative estimate of drug-likeness (QED) is 0.810. The second-order valence-corrected chi connectivity index (χ2v) is 5.77. The van der Waals surface area contributed by atoms with E-state index in [1.165, 1.54) is 29.9 Å². The highest BCUT2D eigenvalue weighted by molar-refractivity contribution is 7.99. The predicted molar refractivity (Wildman–Crippen MR) is 73.5 cm³/mol. The number of thioether (sulfide) groups is 1. The number of benzene rings is 1. The Hall–Kier alpha value is -0.180. The molecule has 1 aliphatic heterocycles. The minimum absolute atomic E-state index is 0.747. The SMILES string of the molecule is Clc1ccccc1CCCNC1CCSC1. The van der Waals surface area contributed by atoms with Gasteiger partial charge in [-0.05, 0) is 43.2 Å². The molecule has 0 amide bonds. The van der Waals surface area contributed by atoms with Crippen LogP contribution in [-0.2, 0) is 6.42 Å². The topological polar surface area (TPSA) is 12.0 Å². The lowest BCUT2D eigenvalue weighted by Crippen LogP contribution is -2.29. The van der Waals surface area contributed by atoms with Crippen LogP contribution >= 0.6 is 23.4 Å². The van der Waals surface area contributed by atoms with Crippen molar-refractivity contribution in [3.8, 4) is 0 Å². The third-order valence-electron chi connectivity index (χ3n) is 2.94. The van der Waals surface area contributed by atoms with Crippen LogP contribution in [0.15, 0.2) is 24.3 Å². The average Bonchev–Trinajstić information content (AvgIpc) is 2.79. The van der Waals surface area contributed by atoms with Gasteiger partial charge in [-0.2, -0.15) is 11.8 Å². The highest BCUT2D eigenvalue weighted by Crippen LogP contribution is 2.18. The molecule has 1 fully saturated rings. The van der Waals surface area contributed by atoms with Crippen LogP contribution in [0.3, 0.4) is 0 Å². The largest absolute Gasteiger partial charge is 0.313 e. The molecule has 1 unspecified atom stereocenters. The molecule has 0 spiro atoms. The molecule has 1 aromatic carbocycles. The van der Waals surface area contributed by atoms with Gasteiger partial charge in [0.25, 0.3) is 0 Å². The van der Waals surface area contributed by atoms with Gasteiger partial charge in [-0.3, -0.25) is 0 Å². The fourth-order valence-corrected chi connectivity index (χ4v) is 3.40. The molecule has 1 heterocycles. The van der Waals surface area contributed by atoms with Crippen molar-refractivity contribution in [2.24, 2.45) is 0 Å². The molecule has 1 N–H and O–H groups in total. The maximum Gasteiger partial charge on any atom is 0.0437 e. The Labute approximate surface area is 107 Å². The minimum atomic E-state index is 0.747. The van der Waals surface area contributed by atoms with Crippen molar-refractivity contribution >= 4 is 23.4 Å². The Morgan fingerprint density at radius 1 is 1.38 bits per heavy atom. The maximum atomic E-state index is 6.11. The molecule has 1 nitrogen and oxygen atoms in total. The predicted octanol–water partition coefficient (Wildman–Crippen LogP) is 3.37. The molecule has 0 bridgehead atoms. The van der Waals surface area contributed by atoms with Crippen LogP contribution < -0.4 is 5.32 Å². The molecule has 3 heteroatoms. The second-order valence-electron chi connectivity index (χ2n) is 4.21. The van der Waals surface area contributed by atoms with E-state index in [9.17, 15) is 0 Å². The van der Waals surface area contributed by atoms with E-state index >= 15 is 0 Å². The van der Waals surface area contributed by atoms with E-state index in [1.54, 1.807) is 0 Å². The summed E-state index contributed by atoms with van der Waals surface area (Å²) in [6.45, 7) is 1.11. The summed E-state index contributed by atoms with van der Waals surface area (Å²) in [5.74, 6) is 2.61. The summed E-state index contributed by atoms with van der Waals surface area (Å²) in [5, 5.41) is 4.51. The lowest BCUT2D eigenvalue weighted by Gasteiger charge is -2.11. The van der Waals surface area contributed by atoms with Gasteiger partial charge in [0.15, 0.2) is 0 Å². The fourth-order valence-electron chi connectivity index (χ4n) is 1.98. The molecule has 1 atom stereocenters. The molecule has 0 aliphatic carbocycles. The monoisotopic (exact) mass is 255 g/mol. The summed E-state index contributed by atoms with van der Waals surface area (Å²) >= 11 is 8.16. The highest BCUT2D eigenvalue weighted by atomic mass is 35.5. The first kappa shape index (κ1) is 12.3. The zero-order chi connectivity index (χ0) is 11.2. The molecule has 0 aromatic heterocycles. The molecule has 2 rings (SSSR count). The fraction of sp³-hybridized carbons (Fsp3) is 0.538. The van der Waals surface area contributed by atoms with Crippen molar-refractivity contribution in [2.75, 3.05) is 18.1 Å². The number of rotatable bonds is 5. The van der Waals surface area contributed by atoms with Crippen LogP contribution in [0.25, 0.3) is 0 Å². The van der Waals surface area contributed by atoms with E-state index in [-0.39, 0.29) is 0 Å². The molecule has 1 aliphatic rings. The van der Waals surface area contributed by atoms with Crippen molar-refractivity contribution in [1.29, 1.82) is 0 Å². The molecule has 0 saturated carbocycles. The van der Waals surface area contributed by atoms with E-state index < -0.39 is 0 Å². The van der Waals surface area contributed by atoms with E-state index in [4.69, 9.17) is 11.6 Å². The summed E-state index contributed by atoms with van der Waals surface area (Å²) in [6, 6.07) is 8.88. The van der Waals surface area contributed by atoms with E-state index in [2.05, 4.69) is 29.2 Å². The number of hydrogen-bond acceptors (Lipinski definition) is 2. The van der Waals surface area contributed by atoms with E-state index in [0.29, 0.717) is 0 Å². The van der Waals surface area contributed by atoms with Gasteiger partial charge < -0.3 is 5.32 Å². The molecule has 16 heavy (non-hydrogen) atoms. The average molecular weight is 256 g/mol. The van der Waals surface area contributed by atoms with Crippen molar-refractivity contribution in [3.63, 3.8) is 0 Å². The minimum Gasteiger partial charge on any atom is -0.313 e. The summed E-state index contributed by atoms with van der Waals surface area (Å²) in [6.07, 6.45) is 3.58. The van der Waals surface area contributed by atoms with Gasteiger partial charge in [-0.1, -0.05) is 29.8 Å². The van der Waals surface area contributed by atoms with Crippen LogP contribution in [-0.4, -0.2) is 24.1 Å². The maximum absolute atomic E-state index is 6.11. The summed E-state index contributed by atoms with van der Waals surface area (Å²) in [7, 11) is 0. The van der Waals surface area contributed by atoms with Crippen molar-refractivity contribution in [1.82, 2.24) is 5.32 Å². The standard InChI is InChI=1S/C13H18ClNS/c14-13-6-2-1-4-11(13)5-3-8-15-12-7-9-16-10-12/h1-2,4,6,12,15H,3,5,7-10H2. The number of hydrogen-bond donors (Lipinski definition) is 1. The van der Waals surface area contributed by atoms with Crippen LogP contribution in [0, 0.1) is 0 Å². The Morgan fingerprint density at radius 3 is 3.00 bits per heavy atom. The van der Waals surface area contributed by atoms with Crippen molar-refractivity contribution in [2.45, 2.75) is 25.3 Å². The van der Waals surface area contributed by atoms with Crippen molar-refractivity contribution in [3.05, 3.63) is 34.9 Å². The molecule has 88 valence electrons. The van der Waals surface area contributed by atoms with Gasteiger partial charge in [0.1, 0.15) is 0 Å². The first-order valence-corrected chi connectivity index (χ1v) is 7.44. The lowest BCUT2D eigenvalue weighted by atomic mass is 10.1. The number of aryl methyl sites for hydroxylation is 1. The highest BCUT2D eigenvalue weighted by Gasteiger charge is 2.13. The zero-order valence-electron chi connectivity index (χ0n) is 9.42. The Bertz CT molecular complexity index is 323. The Kier molecular flexibility index (Phi) is 5.01. The lowest BCUT2D eigenvalue weighted by molar-refractivity contribution is 0.545.